The molecule has 2 N–H and O–H groups in total. The van der Waals surface area contributed by atoms with Crippen LogP contribution in [-0.4, -0.2) is 31.2 Å². The van der Waals surface area contributed by atoms with Crippen molar-refractivity contribution in [1.29, 1.82) is 0 Å². The van der Waals surface area contributed by atoms with E-state index in [9.17, 15) is 4.79 Å². The molecule has 2 aliphatic carbocycles. The van der Waals surface area contributed by atoms with Crippen molar-refractivity contribution in [3.63, 3.8) is 0 Å². The van der Waals surface area contributed by atoms with E-state index in [1.54, 1.807) is 6.20 Å². The van der Waals surface area contributed by atoms with Crippen LogP contribution >= 0.6 is 0 Å². The maximum Gasteiger partial charge on any atom is 0.315 e. The Labute approximate surface area is 132 Å². The molecule has 2 amide bonds. The van der Waals surface area contributed by atoms with Crippen molar-refractivity contribution >= 4 is 11.7 Å². The molecule has 0 aromatic carbocycles. The minimum atomic E-state index is -0.0653. The lowest BCUT2D eigenvalue weighted by Crippen LogP contribution is -2.38. The number of aromatic nitrogens is 1. The van der Waals surface area contributed by atoms with Crippen LogP contribution in [0.3, 0.4) is 0 Å². The molecule has 1 atom stereocenters. The Bertz CT molecular complexity index is 537. The van der Waals surface area contributed by atoms with E-state index < -0.39 is 0 Å². The highest BCUT2D eigenvalue weighted by atomic mass is 16.2. The highest BCUT2D eigenvalue weighted by Crippen LogP contribution is 2.56. The van der Waals surface area contributed by atoms with Crippen LogP contribution in [0.2, 0.25) is 0 Å². The van der Waals surface area contributed by atoms with E-state index in [4.69, 9.17) is 0 Å². The number of anilines is 1. The minimum Gasteiger partial charge on any atom is -0.378 e. The van der Waals surface area contributed by atoms with E-state index in [0.29, 0.717) is 18.0 Å². The molecule has 1 spiro atoms. The molecule has 3 rings (SSSR count). The lowest BCUT2D eigenvalue weighted by Gasteiger charge is -2.22. The zero-order chi connectivity index (χ0) is 15.6. The standard InChI is InChI=1S/C17H26N4O/c1-21(2)14-6-9-18-13(10-14)12-19-16(22)20-15-11-17(15)7-4-3-5-8-17/h6,9-10,15H,3-5,7-8,11-12H2,1-2H3,(H2,19,20,22). The monoisotopic (exact) mass is 302 g/mol. The van der Waals surface area contributed by atoms with Crippen molar-refractivity contribution < 1.29 is 4.79 Å². The third kappa shape index (κ3) is 3.34. The van der Waals surface area contributed by atoms with Gasteiger partial charge in [-0.3, -0.25) is 4.98 Å². The molecule has 1 aromatic heterocycles. The fraction of sp³-hybridized carbons (Fsp3) is 0.647. The summed E-state index contributed by atoms with van der Waals surface area (Å²) in [6, 6.07) is 4.28. The van der Waals surface area contributed by atoms with E-state index in [0.717, 1.165) is 17.8 Å². The maximum atomic E-state index is 12.1. The smallest absolute Gasteiger partial charge is 0.315 e. The summed E-state index contributed by atoms with van der Waals surface area (Å²) in [5.41, 5.74) is 2.40. The van der Waals surface area contributed by atoms with E-state index >= 15 is 0 Å². The van der Waals surface area contributed by atoms with Gasteiger partial charge in [0.1, 0.15) is 0 Å². The van der Waals surface area contributed by atoms with E-state index in [-0.39, 0.29) is 6.03 Å². The van der Waals surface area contributed by atoms with Crippen LogP contribution in [0.4, 0.5) is 10.5 Å². The van der Waals surface area contributed by atoms with Gasteiger partial charge in [0.2, 0.25) is 0 Å². The zero-order valence-electron chi connectivity index (χ0n) is 13.6. The first-order valence-corrected chi connectivity index (χ1v) is 8.26. The van der Waals surface area contributed by atoms with E-state index in [1.807, 2.05) is 31.1 Å². The highest BCUT2D eigenvalue weighted by Gasteiger charge is 2.54. The molecule has 0 aliphatic heterocycles. The third-order valence-electron chi connectivity index (χ3n) is 5.09. The molecule has 120 valence electrons. The minimum absolute atomic E-state index is 0.0653. The zero-order valence-corrected chi connectivity index (χ0v) is 13.6. The molecule has 2 fully saturated rings. The Morgan fingerprint density at radius 3 is 2.86 bits per heavy atom. The van der Waals surface area contributed by atoms with Crippen molar-refractivity contribution in [3.05, 3.63) is 24.0 Å². The Balaban J connectivity index is 1.46. The summed E-state index contributed by atoms with van der Waals surface area (Å²) in [6.45, 7) is 0.466. The number of hydrogen-bond donors (Lipinski definition) is 2. The van der Waals surface area contributed by atoms with Gasteiger partial charge in [0.25, 0.3) is 0 Å². The second-order valence-corrected chi connectivity index (χ2v) is 6.91. The van der Waals surface area contributed by atoms with Crippen molar-refractivity contribution in [3.8, 4) is 0 Å². The first-order chi connectivity index (χ1) is 10.6. The van der Waals surface area contributed by atoms with E-state index in [1.165, 1.54) is 32.1 Å². The fourth-order valence-electron chi connectivity index (χ4n) is 3.58. The molecular formula is C17H26N4O. The van der Waals surface area contributed by atoms with Crippen molar-refractivity contribution in [2.75, 3.05) is 19.0 Å². The topological polar surface area (TPSA) is 57.3 Å². The molecule has 1 heterocycles. The molecule has 0 radical (unpaired) electrons. The van der Waals surface area contributed by atoms with Gasteiger partial charge in [-0.1, -0.05) is 19.3 Å². The summed E-state index contributed by atoms with van der Waals surface area (Å²) in [7, 11) is 3.99. The number of nitrogens with zero attached hydrogens (tertiary/aromatic N) is 2. The molecule has 1 aromatic rings. The van der Waals surface area contributed by atoms with Gasteiger partial charge >= 0.3 is 6.03 Å². The average Bonchev–Trinajstić information content (AvgIpc) is 3.17. The number of nitrogens with one attached hydrogen (secondary N) is 2. The number of pyridine rings is 1. The van der Waals surface area contributed by atoms with Gasteiger partial charge in [-0.25, -0.2) is 4.79 Å². The molecule has 0 saturated heterocycles. The lowest BCUT2D eigenvalue weighted by molar-refractivity contribution is 0.235. The molecular weight excluding hydrogens is 276 g/mol. The summed E-state index contributed by atoms with van der Waals surface area (Å²) in [5, 5.41) is 6.06. The molecule has 22 heavy (non-hydrogen) atoms. The van der Waals surface area contributed by atoms with Crippen LogP contribution in [0.25, 0.3) is 0 Å². The largest absolute Gasteiger partial charge is 0.378 e. The Kier molecular flexibility index (Phi) is 4.23. The first-order valence-electron chi connectivity index (χ1n) is 8.26. The van der Waals surface area contributed by atoms with Crippen LogP contribution in [0, 0.1) is 5.41 Å². The number of rotatable bonds is 4. The number of urea groups is 1. The molecule has 5 heteroatoms. The van der Waals surface area contributed by atoms with Crippen LogP contribution in [0.15, 0.2) is 18.3 Å². The van der Waals surface area contributed by atoms with Gasteiger partial charge in [0, 0.05) is 32.0 Å². The summed E-state index contributed by atoms with van der Waals surface area (Å²) in [4.78, 5) is 18.4. The van der Waals surface area contributed by atoms with Crippen LogP contribution < -0.4 is 15.5 Å². The molecule has 2 saturated carbocycles. The lowest BCUT2D eigenvalue weighted by atomic mass is 9.86. The van der Waals surface area contributed by atoms with Crippen LogP contribution in [0.5, 0.6) is 0 Å². The van der Waals surface area contributed by atoms with Gasteiger partial charge in [0.15, 0.2) is 0 Å². The quantitative estimate of drug-likeness (QED) is 0.899. The van der Waals surface area contributed by atoms with Gasteiger partial charge in [-0.05, 0) is 36.8 Å². The second kappa shape index (κ2) is 6.15. The van der Waals surface area contributed by atoms with Crippen molar-refractivity contribution in [2.45, 2.75) is 51.1 Å². The molecule has 2 aliphatic rings. The number of carbonyl (C=O) groups excluding carboxylic acids is 1. The second-order valence-electron chi connectivity index (χ2n) is 6.91. The van der Waals surface area contributed by atoms with Crippen molar-refractivity contribution in [2.24, 2.45) is 5.41 Å². The third-order valence-corrected chi connectivity index (χ3v) is 5.09. The first kappa shape index (κ1) is 15.1. The normalized spacial score (nSPS) is 22.2. The summed E-state index contributed by atoms with van der Waals surface area (Å²) in [6.07, 6.45) is 9.50. The van der Waals surface area contributed by atoms with Crippen LogP contribution in [0.1, 0.15) is 44.2 Å². The van der Waals surface area contributed by atoms with Crippen LogP contribution in [-0.2, 0) is 6.54 Å². The fourth-order valence-corrected chi connectivity index (χ4v) is 3.58. The van der Waals surface area contributed by atoms with Gasteiger partial charge < -0.3 is 15.5 Å². The molecule has 0 bridgehead atoms. The predicted octanol–water partition coefficient (Wildman–Crippen LogP) is 2.67. The van der Waals surface area contributed by atoms with Gasteiger partial charge in [0.05, 0.1) is 12.2 Å². The summed E-state index contributed by atoms with van der Waals surface area (Å²) < 4.78 is 0. The Hall–Kier alpha value is -1.78. The Morgan fingerprint density at radius 2 is 2.14 bits per heavy atom. The summed E-state index contributed by atoms with van der Waals surface area (Å²) >= 11 is 0. The van der Waals surface area contributed by atoms with E-state index in [2.05, 4.69) is 15.6 Å². The number of hydrogen-bond acceptors (Lipinski definition) is 3. The van der Waals surface area contributed by atoms with Gasteiger partial charge in [-0.2, -0.15) is 0 Å². The number of carbonyl (C=O) groups is 1. The SMILES string of the molecule is CN(C)c1ccnc(CNC(=O)NC2CC23CCCCC3)c1. The molecule has 5 nitrogen and oxygen atoms in total. The maximum absolute atomic E-state index is 12.1. The molecule has 1 unspecified atom stereocenters. The summed E-state index contributed by atoms with van der Waals surface area (Å²) in [5.74, 6) is 0. The average molecular weight is 302 g/mol. The van der Waals surface area contributed by atoms with Crippen molar-refractivity contribution in [1.82, 2.24) is 15.6 Å². The number of amides is 2. The highest BCUT2D eigenvalue weighted by molar-refractivity contribution is 5.74. The van der Waals surface area contributed by atoms with Gasteiger partial charge in [-0.15, -0.1) is 0 Å². The Morgan fingerprint density at radius 1 is 1.36 bits per heavy atom. The predicted molar refractivity (Wildman–Crippen MR) is 87.9 cm³/mol.